The van der Waals surface area contributed by atoms with E-state index in [4.69, 9.17) is 10.5 Å². The number of aromatic nitrogens is 2. The van der Waals surface area contributed by atoms with Gasteiger partial charge in [-0.25, -0.2) is 9.31 Å². The number of carbonyl (C=O) groups is 1. The van der Waals surface area contributed by atoms with E-state index >= 15 is 0 Å². The Morgan fingerprint density at radius 1 is 1.39 bits per heavy atom. The minimum atomic E-state index is -0.407. The van der Waals surface area contributed by atoms with Crippen molar-refractivity contribution in [2.75, 3.05) is 25.4 Å². The van der Waals surface area contributed by atoms with Crippen LogP contribution < -0.4 is 11.1 Å². The van der Waals surface area contributed by atoms with Gasteiger partial charge in [0.1, 0.15) is 5.56 Å². The van der Waals surface area contributed by atoms with Gasteiger partial charge in [-0.1, -0.05) is 13.8 Å². The molecule has 3 heterocycles. The summed E-state index contributed by atoms with van der Waals surface area (Å²) in [6, 6.07) is 3.84. The lowest BCUT2D eigenvalue weighted by atomic mass is 9.95. The molecule has 1 aliphatic heterocycles. The van der Waals surface area contributed by atoms with E-state index in [1.807, 2.05) is 13.8 Å². The predicted octanol–water partition coefficient (Wildman–Crippen LogP) is 2.59. The molecule has 6 nitrogen and oxygen atoms in total. The van der Waals surface area contributed by atoms with Crippen LogP contribution in [0.15, 0.2) is 18.3 Å². The van der Waals surface area contributed by atoms with Crippen LogP contribution in [0.4, 0.5) is 5.69 Å². The van der Waals surface area contributed by atoms with Crippen molar-refractivity contribution in [1.29, 1.82) is 0 Å². The average molecular weight is 318 g/mol. The standard InChI is InChI=1S/C15H20N4O2.C2H6/c1-2-21-15(20)12-9-19-11(7-13(12)16)8-14(18-19)10-3-5-17-6-4-10;1-2/h7-10,17H,2-6,16H2,1H3;1-2H3. The predicted molar refractivity (Wildman–Crippen MR) is 91.8 cm³/mol. The molecule has 1 fully saturated rings. The van der Waals surface area contributed by atoms with Crippen molar-refractivity contribution in [3.8, 4) is 0 Å². The van der Waals surface area contributed by atoms with Gasteiger partial charge in [-0.2, -0.15) is 5.10 Å². The van der Waals surface area contributed by atoms with Gasteiger partial charge in [0.05, 0.1) is 17.8 Å². The number of nitrogens with one attached hydrogen (secondary N) is 1. The van der Waals surface area contributed by atoms with Crippen LogP contribution in [0.3, 0.4) is 0 Å². The van der Waals surface area contributed by atoms with Crippen LogP contribution in [0.25, 0.3) is 5.52 Å². The number of pyridine rings is 1. The second-order valence-corrected chi connectivity index (χ2v) is 5.33. The quantitative estimate of drug-likeness (QED) is 0.850. The van der Waals surface area contributed by atoms with Crippen molar-refractivity contribution in [2.24, 2.45) is 0 Å². The van der Waals surface area contributed by atoms with Gasteiger partial charge >= 0.3 is 5.97 Å². The summed E-state index contributed by atoms with van der Waals surface area (Å²) in [5.41, 5.74) is 8.72. The van der Waals surface area contributed by atoms with Gasteiger partial charge in [-0.05, 0) is 45.0 Å². The van der Waals surface area contributed by atoms with Crippen LogP contribution in [-0.4, -0.2) is 35.3 Å². The van der Waals surface area contributed by atoms with Gasteiger partial charge in [0.15, 0.2) is 0 Å². The van der Waals surface area contributed by atoms with Crippen molar-refractivity contribution in [1.82, 2.24) is 14.9 Å². The van der Waals surface area contributed by atoms with Crippen LogP contribution in [0.1, 0.15) is 55.6 Å². The van der Waals surface area contributed by atoms with Crippen molar-refractivity contribution >= 4 is 17.2 Å². The summed E-state index contributed by atoms with van der Waals surface area (Å²) in [6.45, 7) is 8.15. The molecule has 126 valence electrons. The lowest BCUT2D eigenvalue weighted by molar-refractivity contribution is 0.0527. The number of fused-ring (bicyclic) bond motifs is 1. The fraction of sp³-hybridized carbons (Fsp3) is 0.529. The molecule has 0 amide bonds. The number of esters is 1. The lowest BCUT2D eigenvalue weighted by Crippen LogP contribution is -2.26. The normalized spacial score (nSPS) is 15.1. The number of nitrogen functional groups attached to an aromatic ring is 1. The Morgan fingerprint density at radius 3 is 2.74 bits per heavy atom. The highest BCUT2D eigenvalue weighted by molar-refractivity contribution is 5.95. The Kier molecular flexibility index (Phi) is 5.98. The molecule has 1 aliphatic rings. The summed E-state index contributed by atoms with van der Waals surface area (Å²) in [7, 11) is 0. The van der Waals surface area contributed by atoms with Crippen molar-refractivity contribution < 1.29 is 9.53 Å². The highest BCUT2D eigenvalue weighted by atomic mass is 16.5. The van der Waals surface area contributed by atoms with E-state index in [-0.39, 0.29) is 0 Å². The van der Waals surface area contributed by atoms with Gasteiger partial charge in [-0.3, -0.25) is 0 Å². The van der Waals surface area contributed by atoms with Gasteiger partial charge < -0.3 is 15.8 Å². The van der Waals surface area contributed by atoms with Gasteiger partial charge in [0.2, 0.25) is 0 Å². The third-order valence-electron chi connectivity index (χ3n) is 3.90. The van der Waals surface area contributed by atoms with Crippen LogP contribution in [-0.2, 0) is 4.74 Å². The van der Waals surface area contributed by atoms with Crippen LogP contribution in [0, 0.1) is 0 Å². The first-order valence-electron chi connectivity index (χ1n) is 8.35. The fourth-order valence-corrected chi connectivity index (χ4v) is 2.77. The number of anilines is 1. The molecule has 0 aromatic carbocycles. The van der Waals surface area contributed by atoms with Crippen molar-refractivity contribution in [2.45, 2.75) is 39.5 Å². The average Bonchev–Trinajstić information content (AvgIpc) is 3.00. The van der Waals surface area contributed by atoms with Crippen LogP contribution in [0.2, 0.25) is 0 Å². The Morgan fingerprint density at radius 2 is 2.09 bits per heavy atom. The van der Waals surface area contributed by atoms with Gasteiger partial charge in [0, 0.05) is 17.8 Å². The first kappa shape index (κ1) is 17.3. The Labute approximate surface area is 137 Å². The number of piperidine rings is 1. The first-order valence-corrected chi connectivity index (χ1v) is 8.35. The second-order valence-electron chi connectivity index (χ2n) is 5.33. The van der Waals surface area contributed by atoms with E-state index in [2.05, 4.69) is 16.5 Å². The molecule has 2 aromatic heterocycles. The largest absolute Gasteiger partial charge is 0.462 e. The van der Waals surface area contributed by atoms with E-state index in [0.29, 0.717) is 23.8 Å². The molecular weight excluding hydrogens is 292 g/mol. The van der Waals surface area contributed by atoms with Gasteiger partial charge in [0.25, 0.3) is 0 Å². The van der Waals surface area contributed by atoms with E-state index < -0.39 is 5.97 Å². The summed E-state index contributed by atoms with van der Waals surface area (Å²) < 4.78 is 6.73. The number of ether oxygens (including phenoxy) is 1. The lowest BCUT2D eigenvalue weighted by Gasteiger charge is -2.20. The van der Waals surface area contributed by atoms with Crippen molar-refractivity contribution in [3.05, 3.63) is 29.6 Å². The Bertz CT molecular complexity index is 660. The number of hydrogen-bond acceptors (Lipinski definition) is 5. The summed E-state index contributed by atoms with van der Waals surface area (Å²) in [5, 5.41) is 7.96. The topological polar surface area (TPSA) is 81.7 Å². The van der Waals surface area contributed by atoms with Crippen LogP contribution >= 0.6 is 0 Å². The molecule has 0 spiro atoms. The Hall–Kier alpha value is -2.08. The molecule has 0 unspecified atom stereocenters. The molecule has 0 saturated carbocycles. The molecule has 0 aliphatic carbocycles. The van der Waals surface area contributed by atoms with Crippen LogP contribution in [0.5, 0.6) is 0 Å². The molecular formula is C17H26N4O2. The number of nitrogens with zero attached hydrogens (tertiary/aromatic N) is 2. The molecule has 2 aromatic rings. The molecule has 3 N–H and O–H groups in total. The monoisotopic (exact) mass is 318 g/mol. The highest BCUT2D eigenvalue weighted by Crippen LogP contribution is 2.26. The highest BCUT2D eigenvalue weighted by Gasteiger charge is 2.19. The molecule has 0 radical (unpaired) electrons. The maximum absolute atomic E-state index is 11.9. The molecule has 3 rings (SSSR count). The number of hydrogen-bond donors (Lipinski definition) is 2. The van der Waals surface area contributed by atoms with Gasteiger partial charge in [-0.15, -0.1) is 0 Å². The van der Waals surface area contributed by atoms with Crippen molar-refractivity contribution in [3.63, 3.8) is 0 Å². The summed E-state index contributed by atoms with van der Waals surface area (Å²) >= 11 is 0. The molecule has 23 heavy (non-hydrogen) atoms. The maximum atomic E-state index is 11.9. The summed E-state index contributed by atoms with van der Waals surface area (Å²) in [5.74, 6) is 0.0641. The third kappa shape index (κ3) is 3.82. The summed E-state index contributed by atoms with van der Waals surface area (Å²) in [4.78, 5) is 11.9. The molecule has 1 saturated heterocycles. The zero-order valence-corrected chi connectivity index (χ0v) is 14.1. The third-order valence-corrected chi connectivity index (χ3v) is 3.90. The molecule has 0 atom stereocenters. The Balaban J connectivity index is 0.000000924. The maximum Gasteiger partial charge on any atom is 0.341 e. The zero-order valence-electron chi connectivity index (χ0n) is 14.1. The van der Waals surface area contributed by atoms with E-state index in [1.165, 1.54) is 0 Å². The SMILES string of the molecule is CC.CCOC(=O)c1cn2nc(C3CCNCC3)cc2cc1N. The molecule has 0 bridgehead atoms. The molecule has 6 heteroatoms. The minimum absolute atomic E-state index is 0.329. The second kappa shape index (κ2) is 7.97. The van der Waals surface area contributed by atoms with E-state index in [0.717, 1.165) is 37.1 Å². The van der Waals surface area contributed by atoms with E-state index in [9.17, 15) is 4.79 Å². The number of rotatable bonds is 3. The zero-order chi connectivity index (χ0) is 16.8. The smallest absolute Gasteiger partial charge is 0.341 e. The summed E-state index contributed by atoms with van der Waals surface area (Å²) in [6.07, 6.45) is 3.83. The van der Waals surface area contributed by atoms with E-state index in [1.54, 1.807) is 23.7 Å². The first-order chi connectivity index (χ1) is 11.2. The number of carbonyl (C=O) groups excluding carboxylic acids is 1. The fourth-order valence-electron chi connectivity index (χ4n) is 2.77. The minimum Gasteiger partial charge on any atom is -0.462 e. The number of nitrogens with two attached hydrogens (primary N) is 1.